The summed E-state index contributed by atoms with van der Waals surface area (Å²) in [4.78, 5) is 4.30. The number of benzene rings is 2. The summed E-state index contributed by atoms with van der Waals surface area (Å²) >= 11 is 0. The van der Waals surface area contributed by atoms with Crippen molar-refractivity contribution in [2.24, 2.45) is 0 Å². The molecule has 6 nitrogen and oxygen atoms in total. The van der Waals surface area contributed by atoms with Crippen LogP contribution in [0.25, 0.3) is 11.2 Å². The Labute approximate surface area is 173 Å². The van der Waals surface area contributed by atoms with E-state index in [1.807, 2.05) is 30.3 Å². The van der Waals surface area contributed by atoms with Crippen molar-refractivity contribution in [3.05, 3.63) is 82.7 Å². The van der Waals surface area contributed by atoms with Gasteiger partial charge in [0.05, 0.1) is 0 Å². The normalized spacial score (nSPS) is 16.6. The molecular formula is C23H23FN6. The summed E-state index contributed by atoms with van der Waals surface area (Å²) < 4.78 is 13.5. The van der Waals surface area contributed by atoms with Gasteiger partial charge < -0.3 is 11.1 Å². The second kappa shape index (κ2) is 7.84. The predicted molar refractivity (Wildman–Crippen MR) is 114 cm³/mol. The maximum atomic E-state index is 13.5. The maximum Gasteiger partial charge on any atom is 0.178 e. The average molecular weight is 402 g/mol. The van der Waals surface area contributed by atoms with Gasteiger partial charge in [0.25, 0.3) is 0 Å². The number of aromatic nitrogens is 4. The van der Waals surface area contributed by atoms with Gasteiger partial charge in [0.2, 0.25) is 0 Å². The summed E-state index contributed by atoms with van der Waals surface area (Å²) in [6.45, 7) is 0.808. The molecule has 2 aromatic carbocycles. The van der Waals surface area contributed by atoms with Crippen LogP contribution < -0.4 is 11.1 Å². The third-order valence-electron chi connectivity index (χ3n) is 5.93. The molecule has 0 amide bonds. The third kappa shape index (κ3) is 3.52. The van der Waals surface area contributed by atoms with Crippen molar-refractivity contribution >= 4 is 17.0 Å². The van der Waals surface area contributed by atoms with Crippen LogP contribution in [-0.4, -0.2) is 26.9 Å². The van der Waals surface area contributed by atoms with Crippen molar-refractivity contribution in [2.45, 2.75) is 31.2 Å². The van der Waals surface area contributed by atoms with Gasteiger partial charge in [0, 0.05) is 12.0 Å². The number of hydrogen-bond acceptors (Lipinski definition) is 5. The first-order chi connectivity index (χ1) is 14.7. The van der Waals surface area contributed by atoms with Gasteiger partial charge in [-0.3, -0.25) is 0 Å². The number of pyridine rings is 1. The molecule has 1 aliphatic carbocycles. The zero-order chi connectivity index (χ0) is 20.5. The lowest BCUT2D eigenvalue weighted by molar-refractivity contribution is 0.508. The van der Waals surface area contributed by atoms with Crippen LogP contribution in [0.3, 0.4) is 0 Å². The highest BCUT2D eigenvalue weighted by molar-refractivity contribution is 5.77. The number of nitrogens with two attached hydrogens (primary N) is 1. The third-order valence-corrected chi connectivity index (χ3v) is 5.93. The Bertz CT molecular complexity index is 1170. The highest BCUT2D eigenvalue weighted by Gasteiger charge is 2.24. The molecule has 1 unspecified atom stereocenters. The molecule has 2 atom stereocenters. The van der Waals surface area contributed by atoms with Crippen LogP contribution >= 0.6 is 0 Å². The molecule has 2 heterocycles. The molecule has 4 N–H and O–H groups in total. The standard InChI is InChI=1S/C23H23FN6/c24-16-7-8-18-15(12-16)6-9-20(18)26-11-10-17(14-4-2-1-3-5-14)19-13-21(25)27-23-22(19)28-30-29-23/h1-5,7-8,12-13,17,20,26H,6,9-11H2,(H3,25,27,28,29,30)/t17?,20-/m0/s1. The van der Waals surface area contributed by atoms with Crippen molar-refractivity contribution < 1.29 is 4.39 Å². The van der Waals surface area contributed by atoms with Gasteiger partial charge >= 0.3 is 0 Å². The summed E-state index contributed by atoms with van der Waals surface area (Å²) in [5.74, 6) is 0.389. The van der Waals surface area contributed by atoms with Gasteiger partial charge in [0.15, 0.2) is 5.65 Å². The fourth-order valence-corrected chi connectivity index (χ4v) is 4.54. The lowest BCUT2D eigenvalue weighted by Gasteiger charge is -2.21. The smallest absolute Gasteiger partial charge is 0.178 e. The molecule has 0 aliphatic heterocycles. The molecule has 5 rings (SSSR count). The molecule has 152 valence electrons. The summed E-state index contributed by atoms with van der Waals surface area (Å²) in [7, 11) is 0. The van der Waals surface area contributed by atoms with Crippen LogP contribution in [0.15, 0.2) is 54.6 Å². The summed E-state index contributed by atoms with van der Waals surface area (Å²) in [5, 5.41) is 14.7. The Balaban J connectivity index is 1.40. The van der Waals surface area contributed by atoms with Crippen LogP contribution in [0.1, 0.15) is 47.1 Å². The van der Waals surface area contributed by atoms with Gasteiger partial charge in [-0.25, -0.2) is 14.5 Å². The molecule has 0 bridgehead atoms. The second-order valence-electron chi connectivity index (χ2n) is 7.79. The minimum atomic E-state index is -0.162. The fourth-order valence-electron chi connectivity index (χ4n) is 4.54. The average Bonchev–Trinajstić information content (AvgIpc) is 3.38. The number of aryl methyl sites for hydroxylation is 1. The number of anilines is 1. The van der Waals surface area contributed by atoms with Gasteiger partial charge in [-0.1, -0.05) is 41.6 Å². The van der Waals surface area contributed by atoms with E-state index in [4.69, 9.17) is 5.73 Å². The van der Waals surface area contributed by atoms with E-state index in [9.17, 15) is 4.39 Å². The van der Waals surface area contributed by atoms with E-state index < -0.39 is 0 Å². The van der Waals surface area contributed by atoms with E-state index in [1.54, 1.807) is 12.1 Å². The van der Waals surface area contributed by atoms with Gasteiger partial charge in [-0.15, -0.1) is 5.10 Å². The van der Waals surface area contributed by atoms with Crippen molar-refractivity contribution in [1.29, 1.82) is 0 Å². The van der Waals surface area contributed by atoms with Crippen LogP contribution in [0.5, 0.6) is 0 Å². The first kappa shape index (κ1) is 18.7. The number of H-pyrrole nitrogens is 1. The fraction of sp³-hybridized carbons (Fsp3) is 0.261. The summed E-state index contributed by atoms with van der Waals surface area (Å²) in [6.07, 6.45) is 2.76. The van der Waals surface area contributed by atoms with Gasteiger partial charge in [0.1, 0.15) is 17.2 Å². The zero-order valence-corrected chi connectivity index (χ0v) is 16.5. The summed E-state index contributed by atoms with van der Waals surface area (Å²) in [6, 6.07) is 17.6. The number of hydrogen-bond donors (Lipinski definition) is 3. The largest absolute Gasteiger partial charge is 0.384 e. The number of nitrogens with one attached hydrogen (secondary N) is 2. The van der Waals surface area contributed by atoms with E-state index in [1.165, 1.54) is 11.1 Å². The Morgan fingerprint density at radius 1 is 1.17 bits per heavy atom. The molecular weight excluding hydrogens is 379 g/mol. The Morgan fingerprint density at radius 3 is 2.90 bits per heavy atom. The number of aromatic amines is 1. The predicted octanol–water partition coefficient (Wildman–Crippen LogP) is 3.87. The molecule has 7 heteroatoms. The lowest BCUT2D eigenvalue weighted by Crippen LogP contribution is -2.22. The Kier molecular flexibility index (Phi) is 4.88. The van der Waals surface area contributed by atoms with E-state index in [2.05, 4.69) is 37.8 Å². The van der Waals surface area contributed by atoms with Crippen LogP contribution in [0.2, 0.25) is 0 Å². The van der Waals surface area contributed by atoms with Crippen molar-refractivity contribution in [3.8, 4) is 0 Å². The molecule has 2 aromatic heterocycles. The number of halogens is 1. The SMILES string of the molecule is Nc1cc(C(CCN[C@H]2CCc3cc(F)ccc32)c2ccccc2)c2nn[nH]c2n1. The molecule has 1 aliphatic rings. The first-order valence-corrected chi connectivity index (χ1v) is 10.2. The minimum absolute atomic E-state index is 0.102. The molecule has 0 fully saturated rings. The van der Waals surface area contributed by atoms with Crippen LogP contribution in [0.4, 0.5) is 10.2 Å². The Morgan fingerprint density at radius 2 is 2.03 bits per heavy atom. The van der Waals surface area contributed by atoms with Crippen molar-refractivity contribution in [2.75, 3.05) is 12.3 Å². The van der Waals surface area contributed by atoms with E-state index in [0.29, 0.717) is 11.5 Å². The molecule has 0 saturated heterocycles. The highest BCUT2D eigenvalue weighted by Crippen LogP contribution is 2.34. The number of fused-ring (bicyclic) bond motifs is 2. The first-order valence-electron chi connectivity index (χ1n) is 10.2. The second-order valence-corrected chi connectivity index (χ2v) is 7.79. The summed E-state index contributed by atoms with van der Waals surface area (Å²) in [5.41, 5.74) is 11.9. The van der Waals surface area contributed by atoms with Crippen LogP contribution in [0, 0.1) is 5.82 Å². The van der Waals surface area contributed by atoms with Gasteiger partial charge in [-0.2, -0.15) is 0 Å². The molecule has 0 spiro atoms. The molecule has 0 saturated carbocycles. The number of nitrogens with zero attached hydrogens (tertiary/aromatic N) is 3. The van der Waals surface area contributed by atoms with Crippen LogP contribution in [-0.2, 0) is 6.42 Å². The molecule has 4 aromatic rings. The topological polar surface area (TPSA) is 92.5 Å². The lowest BCUT2D eigenvalue weighted by atomic mass is 9.88. The van der Waals surface area contributed by atoms with E-state index in [0.717, 1.165) is 42.5 Å². The van der Waals surface area contributed by atoms with E-state index >= 15 is 0 Å². The minimum Gasteiger partial charge on any atom is -0.384 e. The van der Waals surface area contributed by atoms with Crippen molar-refractivity contribution in [3.63, 3.8) is 0 Å². The maximum absolute atomic E-state index is 13.5. The highest BCUT2D eigenvalue weighted by atomic mass is 19.1. The Hall–Kier alpha value is -3.32. The number of rotatable bonds is 6. The molecule has 0 radical (unpaired) electrons. The zero-order valence-electron chi connectivity index (χ0n) is 16.5. The van der Waals surface area contributed by atoms with Gasteiger partial charge in [-0.05, 0) is 66.3 Å². The monoisotopic (exact) mass is 402 g/mol. The molecule has 30 heavy (non-hydrogen) atoms. The van der Waals surface area contributed by atoms with E-state index in [-0.39, 0.29) is 17.8 Å². The van der Waals surface area contributed by atoms with Crippen molar-refractivity contribution in [1.82, 2.24) is 25.7 Å². The quantitative estimate of drug-likeness (QED) is 0.455. The number of nitrogen functional groups attached to an aromatic ring is 1.